The molecule has 3 aromatic rings. The molecule has 2 aromatic heterocycles. The second-order valence-electron chi connectivity index (χ2n) is 4.55. The fourth-order valence-electron chi connectivity index (χ4n) is 2.05. The maximum atomic E-state index is 12.2. The van der Waals surface area contributed by atoms with Crippen molar-refractivity contribution in [3.63, 3.8) is 0 Å². The van der Waals surface area contributed by atoms with Gasteiger partial charge in [0.15, 0.2) is 5.82 Å². The Morgan fingerprint density at radius 1 is 1.50 bits per heavy atom. The first kappa shape index (κ1) is 12.2. The summed E-state index contributed by atoms with van der Waals surface area (Å²) in [6.45, 7) is 0.330. The summed E-state index contributed by atoms with van der Waals surface area (Å²) in [6.07, 6.45) is 3.27. The number of carbonyl (C=O) groups excluding carboxylic acids is 1. The fraction of sp³-hybridized carbons (Fsp3) is 0.154. The van der Waals surface area contributed by atoms with Gasteiger partial charge in [0.2, 0.25) is 0 Å². The van der Waals surface area contributed by atoms with Crippen molar-refractivity contribution in [3.8, 4) is 0 Å². The Labute approximate surface area is 114 Å². The van der Waals surface area contributed by atoms with E-state index in [1.165, 1.54) is 0 Å². The number of amides is 1. The Morgan fingerprint density at radius 2 is 2.35 bits per heavy atom. The highest BCUT2D eigenvalue weighted by atomic mass is 16.1. The van der Waals surface area contributed by atoms with E-state index in [2.05, 4.69) is 20.5 Å². The highest BCUT2D eigenvalue weighted by Crippen LogP contribution is 2.20. The zero-order chi connectivity index (χ0) is 14.1. The van der Waals surface area contributed by atoms with Crippen molar-refractivity contribution >= 4 is 22.5 Å². The molecule has 0 atom stereocenters. The third-order valence-electron chi connectivity index (χ3n) is 3.16. The van der Waals surface area contributed by atoms with Gasteiger partial charge in [-0.25, -0.2) is 0 Å². The number of nitrogens with one attached hydrogen (secondary N) is 2. The van der Waals surface area contributed by atoms with Crippen LogP contribution in [-0.4, -0.2) is 25.7 Å². The number of nitrogens with zero attached hydrogens (tertiary/aromatic N) is 3. The number of aromatic nitrogens is 4. The molecule has 102 valence electrons. The van der Waals surface area contributed by atoms with Crippen molar-refractivity contribution < 1.29 is 4.79 Å². The minimum absolute atomic E-state index is 0.163. The maximum absolute atomic E-state index is 12.2. The van der Waals surface area contributed by atoms with Gasteiger partial charge >= 0.3 is 0 Å². The van der Waals surface area contributed by atoms with Crippen molar-refractivity contribution in [2.75, 3.05) is 5.73 Å². The highest BCUT2D eigenvalue weighted by Gasteiger charge is 2.12. The smallest absolute Gasteiger partial charge is 0.253 e. The fourth-order valence-corrected chi connectivity index (χ4v) is 2.05. The molecule has 7 nitrogen and oxygen atoms in total. The van der Waals surface area contributed by atoms with E-state index in [-0.39, 0.29) is 5.91 Å². The molecule has 2 heterocycles. The third kappa shape index (κ3) is 2.09. The van der Waals surface area contributed by atoms with Gasteiger partial charge in [0, 0.05) is 29.8 Å². The lowest BCUT2D eigenvalue weighted by molar-refractivity contribution is 0.0951. The molecule has 0 spiro atoms. The molecule has 0 aliphatic carbocycles. The number of nitrogen functional groups attached to an aromatic ring is 1. The van der Waals surface area contributed by atoms with Gasteiger partial charge in [0.05, 0.1) is 12.1 Å². The predicted molar refractivity (Wildman–Crippen MR) is 74.9 cm³/mol. The van der Waals surface area contributed by atoms with E-state index in [4.69, 9.17) is 5.73 Å². The molecule has 4 N–H and O–H groups in total. The molecular formula is C13H14N6O. The summed E-state index contributed by atoms with van der Waals surface area (Å²) < 4.78 is 1.76. The first-order chi connectivity index (χ1) is 9.65. The van der Waals surface area contributed by atoms with E-state index < -0.39 is 0 Å². The molecule has 0 saturated heterocycles. The van der Waals surface area contributed by atoms with E-state index in [0.717, 1.165) is 10.9 Å². The van der Waals surface area contributed by atoms with Gasteiger partial charge in [-0.2, -0.15) is 0 Å². The molecule has 0 aliphatic rings. The average molecular weight is 270 g/mol. The number of aryl methyl sites for hydroxylation is 1. The minimum Gasteiger partial charge on any atom is -0.399 e. The molecular weight excluding hydrogens is 256 g/mol. The number of fused-ring (bicyclic) bond motifs is 1. The van der Waals surface area contributed by atoms with Crippen molar-refractivity contribution in [1.82, 2.24) is 25.1 Å². The van der Waals surface area contributed by atoms with Crippen LogP contribution in [-0.2, 0) is 13.6 Å². The Morgan fingerprint density at radius 3 is 3.10 bits per heavy atom. The standard InChI is InChI=1S/C13H14N6O/c1-19-7-17-18-12(19)6-16-13(20)10-5-15-11-4-8(14)2-3-9(10)11/h2-5,7,15H,6,14H2,1H3,(H,16,20). The van der Waals surface area contributed by atoms with Crippen LogP contribution in [0.5, 0.6) is 0 Å². The van der Waals surface area contributed by atoms with Gasteiger partial charge < -0.3 is 20.6 Å². The highest BCUT2D eigenvalue weighted by molar-refractivity contribution is 6.07. The van der Waals surface area contributed by atoms with Crippen molar-refractivity contribution in [2.24, 2.45) is 7.05 Å². The Balaban J connectivity index is 1.81. The zero-order valence-electron chi connectivity index (χ0n) is 10.9. The van der Waals surface area contributed by atoms with Crippen LogP contribution in [0.15, 0.2) is 30.7 Å². The van der Waals surface area contributed by atoms with Gasteiger partial charge in [-0.05, 0) is 18.2 Å². The minimum atomic E-state index is -0.163. The van der Waals surface area contributed by atoms with Crippen molar-refractivity contribution in [1.29, 1.82) is 0 Å². The number of aromatic amines is 1. The van der Waals surface area contributed by atoms with Crippen molar-refractivity contribution in [3.05, 3.63) is 42.1 Å². The first-order valence-electron chi connectivity index (χ1n) is 6.13. The van der Waals surface area contributed by atoms with Gasteiger partial charge in [-0.3, -0.25) is 4.79 Å². The van der Waals surface area contributed by atoms with E-state index in [0.29, 0.717) is 23.6 Å². The van der Waals surface area contributed by atoms with Crippen LogP contribution < -0.4 is 11.1 Å². The van der Waals surface area contributed by atoms with E-state index >= 15 is 0 Å². The topological polar surface area (TPSA) is 102 Å². The summed E-state index contributed by atoms with van der Waals surface area (Å²) in [7, 11) is 1.83. The third-order valence-corrected chi connectivity index (χ3v) is 3.16. The number of H-pyrrole nitrogens is 1. The quantitative estimate of drug-likeness (QED) is 0.613. The second kappa shape index (κ2) is 4.69. The monoisotopic (exact) mass is 270 g/mol. The number of hydrogen-bond donors (Lipinski definition) is 3. The summed E-state index contributed by atoms with van der Waals surface area (Å²) in [5.74, 6) is 0.534. The average Bonchev–Trinajstić information content (AvgIpc) is 3.02. The van der Waals surface area contributed by atoms with Gasteiger partial charge in [-0.15, -0.1) is 10.2 Å². The molecule has 0 radical (unpaired) electrons. The van der Waals surface area contributed by atoms with Crippen LogP contribution in [0.25, 0.3) is 10.9 Å². The van der Waals surface area contributed by atoms with Crippen LogP contribution >= 0.6 is 0 Å². The second-order valence-corrected chi connectivity index (χ2v) is 4.55. The molecule has 3 rings (SSSR count). The number of carbonyl (C=O) groups is 1. The van der Waals surface area contributed by atoms with Gasteiger partial charge in [0.1, 0.15) is 6.33 Å². The van der Waals surface area contributed by atoms with Gasteiger partial charge in [0.25, 0.3) is 5.91 Å². The van der Waals surface area contributed by atoms with Crippen LogP contribution in [0, 0.1) is 0 Å². The van der Waals surface area contributed by atoms with Crippen LogP contribution in [0.2, 0.25) is 0 Å². The Kier molecular flexibility index (Phi) is 2.86. The van der Waals surface area contributed by atoms with E-state index in [9.17, 15) is 4.79 Å². The molecule has 7 heteroatoms. The molecule has 0 unspecified atom stereocenters. The molecule has 0 aliphatic heterocycles. The summed E-state index contributed by atoms with van der Waals surface area (Å²) in [5, 5.41) is 11.3. The van der Waals surface area contributed by atoms with Gasteiger partial charge in [-0.1, -0.05) is 0 Å². The maximum Gasteiger partial charge on any atom is 0.253 e. The lowest BCUT2D eigenvalue weighted by Gasteiger charge is -2.03. The lowest BCUT2D eigenvalue weighted by atomic mass is 10.1. The summed E-state index contributed by atoms with van der Waals surface area (Å²) in [5.41, 5.74) is 7.79. The first-order valence-corrected chi connectivity index (χ1v) is 6.13. The Bertz CT molecular complexity index is 772. The van der Waals surface area contributed by atoms with E-state index in [1.54, 1.807) is 29.2 Å². The largest absolute Gasteiger partial charge is 0.399 e. The predicted octanol–water partition coefficient (Wildman–Crippen LogP) is 0.809. The number of anilines is 1. The SMILES string of the molecule is Cn1cnnc1CNC(=O)c1c[nH]c2cc(N)ccc12. The number of nitrogens with two attached hydrogens (primary N) is 1. The normalized spacial score (nSPS) is 10.8. The van der Waals surface area contributed by atoms with Crippen molar-refractivity contribution in [2.45, 2.75) is 6.54 Å². The summed E-state index contributed by atoms with van der Waals surface area (Å²) in [6, 6.07) is 5.41. The lowest BCUT2D eigenvalue weighted by Crippen LogP contribution is -2.24. The van der Waals surface area contributed by atoms with E-state index in [1.807, 2.05) is 13.1 Å². The molecule has 0 saturated carbocycles. The molecule has 1 aromatic carbocycles. The Hall–Kier alpha value is -2.83. The molecule has 1 amide bonds. The molecule has 0 bridgehead atoms. The van der Waals surface area contributed by atoms with Crippen LogP contribution in [0.4, 0.5) is 5.69 Å². The number of hydrogen-bond acceptors (Lipinski definition) is 4. The zero-order valence-corrected chi connectivity index (χ0v) is 10.9. The molecule has 20 heavy (non-hydrogen) atoms. The summed E-state index contributed by atoms with van der Waals surface area (Å²) >= 11 is 0. The molecule has 0 fully saturated rings. The number of rotatable bonds is 3. The summed E-state index contributed by atoms with van der Waals surface area (Å²) in [4.78, 5) is 15.2. The number of benzene rings is 1. The van der Waals surface area contributed by atoms with Crippen LogP contribution in [0.3, 0.4) is 0 Å². The van der Waals surface area contributed by atoms with Crippen LogP contribution in [0.1, 0.15) is 16.2 Å².